The zero-order chi connectivity index (χ0) is 15.6. The van der Waals surface area contributed by atoms with Crippen molar-refractivity contribution in [2.45, 2.75) is 37.4 Å². The Bertz CT molecular complexity index is 511. The van der Waals surface area contributed by atoms with E-state index in [0.717, 1.165) is 0 Å². The molecule has 0 aromatic carbocycles. The number of carbonyl (C=O) groups excluding carboxylic acids is 1. The van der Waals surface area contributed by atoms with Crippen LogP contribution < -0.4 is 5.32 Å². The van der Waals surface area contributed by atoms with Crippen LogP contribution in [0, 0.1) is 11.8 Å². The van der Waals surface area contributed by atoms with Crippen LogP contribution in [-0.4, -0.2) is 55.1 Å². The molecular formula is C13H22N2O5S. The van der Waals surface area contributed by atoms with Crippen LogP contribution in [0.15, 0.2) is 0 Å². The summed E-state index contributed by atoms with van der Waals surface area (Å²) in [7, 11) is -2.02. The Morgan fingerprint density at radius 1 is 1.14 bits per heavy atom. The fraction of sp³-hybridized carbons (Fsp3) is 0.846. The first-order valence-corrected chi connectivity index (χ1v) is 8.81. The van der Waals surface area contributed by atoms with Crippen LogP contribution in [-0.2, 0) is 19.6 Å². The smallest absolute Gasteiger partial charge is 0.307 e. The summed E-state index contributed by atoms with van der Waals surface area (Å²) in [5.74, 6) is -2.04. The number of carboxylic acids is 1. The maximum absolute atomic E-state index is 12.6. The van der Waals surface area contributed by atoms with Gasteiger partial charge in [-0.2, -0.15) is 0 Å². The first-order chi connectivity index (χ1) is 9.87. The third-order valence-corrected chi connectivity index (χ3v) is 7.00. The fourth-order valence-electron chi connectivity index (χ4n) is 3.33. The summed E-state index contributed by atoms with van der Waals surface area (Å²) in [5.41, 5.74) is 0. The van der Waals surface area contributed by atoms with Gasteiger partial charge in [0.15, 0.2) is 0 Å². The van der Waals surface area contributed by atoms with Crippen molar-refractivity contribution in [2.24, 2.45) is 11.8 Å². The van der Waals surface area contributed by atoms with Crippen LogP contribution in [0.25, 0.3) is 0 Å². The Hall–Kier alpha value is -1.15. The molecule has 1 aliphatic carbocycles. The maximum atomic E-state index is 12.6. The summed E-state index contributed by atoms with van der Waals surface area (Å²) in [6.45, 7) is 0.590. The van der Waals surface area contributed by atoms with Crippen molar-refractivity contribution < 1.29 is 23.1 Å². The molecule has 1 saturated carbocycles. The molecule has 0 spiro atoms. The lowest BCUT2D eigenvalue weighted by Gasteiger charge is -2.33. The predicted molar refractivity (Wildman–Crippen MR) is 76.0 cm³/mol. The van der Waals surface area contributed by atoms with Crippen molar-refractivity contribution in [3.63, 3.8) is 0 Å². The van der Waals surface area contributed by atoms with Gasteiger partial charge in [-0.15, -0.1) is 0 Å². The van der Waals surface area contributed by atoms with Gasteiger partial charge in [-0.3, -0.25) is 9.59 Å². The first-order valence-electron chi connectivity index (χ1n) is 7.31. The van der Waals surface area contributed by atoms with Gasteiger partial charge in [0.25, 0.3) is 0 Å². The van der Waals surface area contributed by atoms with Crippen LogP contribution >= 0.6 is 0 Å². The Morgan fingerprint density at radius 2 is 1.76 bits per heavy atom. The van der Waals surface area contributed by atoms with Gasteiger partial charge in [-0.25, -0.2) is 12.7 Å². The van der Waals surface area contributed by atoms with Crippen LogP contribution in [0.1, 0.15) is 32.1 Å². The summed E-state index contributed by atoms with van der Waals surface area (Å²) < 4.78 is 26.6. The van der Waals surface area contributed by atoms with Crippen LogP contribution in [0.2, 0.25) is 0 Å². The number of carbonyl (C=O) groups is 2. The molecule has 2 fully saturated rings. The van der Waals surface area contributed by atoms with Gasteiger partial charge in [0.2, 0.25) is 15.9 Å². The van der Waals surface area contributed by atoms with Gasteiger partial charge in [-0.05, 0) is 25.7 Å². The molecule has 2 atom stereocenters. The minimum atomic E-state index is -3.59. The number of rotatable bonds is 4. The average Bonchev–Trinajstić information content (AvgIpc) is 2.97. The number of sulfonamides is 1. The number of hydrogen-bond donors (Lipinski definition) is 2. The minimum absolute atomic E-state index is 0.0590. The summed E-state index contributed by atoms with van der Waals surface area (Å²) in [6.07, 6.45) is 2.45. The second-order valence-electron chi connectivity index (χ2n) is 5.75. The highest BCUT2D eigenvalue weighted by molar-refractivity contribution is 7.89. The number of hydrogen-bond acceptors (Lipinski definition) is 4. The Morgan fingerprint density at radius 3 is 2.29 bits per heavy atom. The van der Waals surface area contributed by atoms with E-state index in [1.165, 1.54) is 4.31 Å². The van der Waals surface area contributed by atoms with Crippen molar-refractivity contribution in [1.29, 1.82) is 0 Å². The topological polar surface area (TPSA) is 104 Å². The molecule has 1 aliphatic heterocycles. The van der Waals surface area contributed by atoms with E-state index < -0.39 is 27.2 Å². The molecular weight excluding hydrogens is 296 g/mol. The van der Waals surface area contributed by atoms with Crippen molar-refractivity contribution in [3.05, 3.63) is 0 Å². The van der Waals surface area contributed by atoms with Crippen LogP contribution in [0.4, 0.5) is 0 Å². The van der Waals surface area contributed by atoms with Crippen LogP contribution in [0.5, 0.6) is 0 Å². The Labute approximate surface area is 124 Å². The molecule has 8 heteroatoms. The van der Waals surface area contributed by atoms with Crippen LogP contribution in [0.3, 0.4) is 0 Å². The van der Waals surface area contributed by atoms with Gasteiger partial charge >= 0.3 is 5.97 Å². The monoisotopic (exact) mass is 318 g/mol. The zero-order valence-corrected chi connectivity index (χ0v) is 12.9. The molecule has 2 rings (SSSR count). The quantitative estimate of drug-likeness (QED) is 0.761. The van der Waals surface area contributed by atoms with E-state index in [9.17, 15) is 18.0 Å². The Balaban J connectivity index is 2.05. The van der Waals surface area contributed by atoms with E-state index in [2.05, 4.69) is 5.32 Å². The summed E-state index contributed by atoms with van der Waals surface area (Å²) in [4.78, 5) is 22.7. The van der Waals surface area contributed by atoms with Crippen molar-refractivity contribution in [3.8, 4) is 0 Å². The predicted octanol–water partition coefficient (Wildman–Crippen LogP) is 0.0275. The van der Waals surface area contributed by atoms with E-state index in [4.69, 9.17) is 5.11 Å². The van der Waals surface area contributed by atoms with Gasteiger partial charge in [-0.1, -0.05) is 6.42 Å². The molecule has 1 heterocycles. The van der Waals surface area contributed by atoms with E-state index in [1.54, 1.807) is 7.05 Å². The number of amides is 1. The molecule has 1 amide bonds. The molecule has 0 radical (unpaired) electrons. The second-order valence-corrected chi connectivity index (χ2v) is 7.90. The normalized spacial score (nSPS) is 28.4. The van der Waals surface area contributed by atoms with Gasteiger partial charge in [0.1, 0.15) is 0 Å². The van der Waals surface area contributed by atoms with E-state index in [0.29, 0.717) is 45.2 Å². The average molecular weight is 318 g/mol. The fourth-order valence-corrected chi connectivity index (χ4v) is 5.57. The Kier molecular flexibility index (Phi) is 4.88. The summed E-state index contributed by atoms with van der Waals surface area (Å²) in [6, 6.07) is 0. The highest BCUT2D eigenvalue weighted by Crippen LogP contribution is 2.34. The molecule has 7 nitrogen and oxygen atoms in total. The lowest BCUT2D eigenvalue weighted by atomic mass is 9.97. The third-order valence-electron chi connectivity index (χ3n) is 4.58. The van der Waals surface area contributed by atoms with Gasteiger partial charge in [0, 0.05) is 26.1 Å². The maximum Gasteiger partial charge on any atom is 0.307 e. The van der Waals surface area contributed by atoms with E-state index >= 15 is 0 Å². The molecule has 0 aromatic rings. The highest BCUT2D eigenvalue weighted by Gasteiger charge is 2.45. The molecule has 0 bridgehead atoms. The molecule has 120 valence electrons. The third kappa shape index (κ3) is 3.21. The molecule has 2 unspecified atom stereocenters. The number of nitrogens with one attached hydrogen (secondary N) is 1. The molecule has 2 N–H and O–H groups in total. The lowest BCUT2D eigenvalue weighted by Crippen LogP contribution is -2.47. The van der Waals surface area contributed by atoms with Crippen molar-refractivity contribution >= 4 is 21.9 Å². The number of nitrogens with zero attached hydrogens (tertiary/aromatic N) is 1. The van der Waals surface area contributed by atoms with Gasteiger partial charge < -0.3 is 10.4 Å². The minimum Gasteiger partial charge on any atom is -0.481 e. The standard InChI is InChI=1S/C13H22N2O5S/c1-14-12(16)9-5-7-15(8-6-9)21(19,20)11-4-2-3-10(11)13(17)18/h9-11H,2-8H2,1H3,(H,14,16)(H,17,18). The number of piperidine rings is 1. The SMILES string of the molecule is CNC(=O)C1CCN(S(=O)(=O)C2CCCC2C(=O)O)CC1. The number of aliphatic carboxylic acids is 1. The largest absolute Gasteiger partial charge is 0.481 e. The molecule has 2 aliphatic rings. The lowest BCUT2D eigenvalue weighted by molar-refractivity contribution is -0.141. The molecule has 1 saturated heterocycles. The van der Waals surface area contributed by atoms with Crippen molar-refractivity contribution in [1.82, 2.24) is 9.62 Å². The van der Waals surface area contributed by atoms with Crippen molar-refractivity contribution in [2.75, 3.05) is 20.1 Å². The number of carboxylic acid groups (broad SMARTS) is 1. The second kappa shape index (κ2) is 6.31. The molecule has 21 heavy (non-hydrogen) atoms. The first kappa shape index (κ1) is 16.2. The van der Waals surface area contributed by atoms with Gasteiger partial charge in [0.05, 0.1) is 11.2 Å². The zero-order valence-electron chi connectivity index (χ0n) is 12.1. The molecule has 0 aromatic heterocycles. The van der Waals surface area contributed by atoms with E-state index in [-0.39, 0.29) is 11.8 Å². The summed E-state index contributed by atoms with van der Waals surface area (Å²) in [5, 5.41) is 10.9. The van der Waals surface area contributed by atoms with E-state index in [1.807, 2.05) is 0 Å². The highest BCUT2D eigenvalue weighted by atomic mass is 32.2. The summed E-state index contributed by atoms with van der Waals surface area (Å²) >= 11 is 0.